The van der Waals surface area contributed by atoms with Crippen molar-refractivity contribution in [1.29, 1.82) is 0 Å². The summed E-state index contributed by atoms with van der Waals surface area (Å²) in [4.78, 5) is 3.51. The smallest absolute Gasteiger partial charge is 0.0497 e. The maximum Gasteiger partial charge on any atom is 0.0497 e. The predicted octanol–water partition coefficient (Wildman–Crippen LogP) is 3.34. The zero-order chi connectivity index (χ0) is 12.4. The third-order valence-corrected chi connectivity index (χ3v) is 3.27. The second-order valence-electron chi connectivity index (χ2n) is 4.43. The van der Waals surface area contributed by atoms with Gasteiger partial charge in [-0.15, -0.1) is 0 Å². The number of para-hydroxylation sites is 1. The Kier molecular flexibility index (Phi) is 2.87. The maximum absolute atomic E-state index is 5.74. The summed E-state index contributed by atoms with van der Waals surface area (Å²) in [6.07, 6.45) is 0.897. The molecule has 0 aliphatic rings. The first-order chi connectivity index (χ1) is 8.90. The van der Waals surface area contributed by atoms with Crippen molar-refractivity contribution in [2.75, 3.05) is 6.54 Å². The Bertz CT molecular complexity index is 653. The molecule has 0 amide bonds. The van der Waals surface area contributed by atoms with Crippen molar-refractivity contribution >= 4 is 10.9 Å². The highest BCUT2D eigenvalue weighted by molar-refractivity contribution is 5.90. The molecule has 0 radical (unpaired) electrons. The van der Waals surface area contributed by atoms with Gasteiger partial charge in [0.05, 0.1) is 0 Å². The number of rotatable bonds is 3. The van der Waals surface area contributed by atoms with Gasteiger partial charge in [0.2, 0.25) is 0 Å². The van der Waals surface area contributed by atoms with E-state index >= 15 is 0 Å². The molecule has 0 atom stereocenters. The van der Waals surface area contributed by atoms with E-state index in [0.717, 1.165) is 6.42 Å². The zero-order valence-corrected chi connectivity index (χ0v) is 10.2. The molecule has 90 valence electrons. The minimum Gasteiger partial charge on any atom is -0.354 e. The molecular formula is C16H16N2. The highest BCUT2D eigenvalue weighted by Gasteiger charge is 2.11. The van der Waals surface area contributed by atoms with Gasteiger partial charge in [0.15, 0.2) is 0 Å². The maximum atomic E-state index is 5.74. The summed E-state index contributed by atoms with van der Waals surface area (Å²) >= 11 is 0. The number of aromatic nitrogens is 1. The molecule has 0 saturated carbocycles. The van der Waals surface area contributed by atoms with Crippen LogP contribution in [0.4, 0.5) is 0 Å². The summed E-state index contributed by atoms with van der Waals surface area (Å²) in [5, 5.41) is 1.28. The highest BCUT2D eigenvalue weighted by Crippen LogP contribution is 2.30. The van der Waals surface area contributed by atoms with Gasteiger partial charge in [-0.25, -0.2) is 0 Å². The van der Waals surface area contributed by atoms with E-state index in [1.165, 1.54) is 27.7 Å². The van der Waals surface area contributed by atoms with Crippen molar-refractivity contribution in [3.63, 3.8) is 0 Å². The summed E-state index contributed by atoms with van der Waals surface area (Å²) < 4.78 is 0. The summed E-state index contributed by atoms with van der Waals surface area (Å²) in [5.41, 5.74) is 10.7. The Hall–Kier alpha value is -2.06. The van der Waals surface area contributed by atoms with Gasteiger partial charge in [-0.2, -0.15) is 0 Å². The second kappa shape index (κ2) is 4.67. The number of aromatic amines is 1. The molecule has 0 aliphatic carbocycles. The Morgan fingerprint density at radius 1 is 0.889 bits per heavy atom. The molecule has 0 fully saturated rings. The standard InChI is InChI=1S/C16H16N2/c17-11-10-14-13-8-4-5-9-15(13)18-16(14)12-6-2-1-3-7-12/h1-9,18H,10-11,17H2. The van der Waals surface area contributed by atoms with Gasteiger partial charge in [0, 0.05) is 16.6 Å². The normalized spacial score (nSPS) is 10.9. The quantitative estimate of drug-likeness (QED) is 0.719. The summed E-state index contributed by atoms with van der Waals surface area (Å²) in [5.74, 6) is 0. The highest BCUT2D eigenvalue weighted by atomic mass is 14.7. The van der Waals surface area contributed by atoms with Gasteiger partial charge in [0.1, 0.15) is 0 Å². The third kappa shape index (κ3) is 1.81. The van der Waals surface area contributed by atoms with Gasteiger partial charge in [0.25, 0.3) is 0 Å². The van der Waals surface area contributed by atoms with Crippen molar-refractivity contribution in [3.05, 3.63) is 60.2 Å². The molecular weight excluding hydrogens is 220 g/mol. The molecule has 1 heterocycles. The van der Waals surface area contributed by atoms with E-state index in [9.17, 15) is 0 Å². The predicted molar refractivity (Wildman–Crippen MR) is 76.5 cm³/mol. The van der Waals surface area contributed by atoms with E-state index in [0.29, 0.717) is 6.54 Å². The van der Waals surface area contributed by atoms with Crippen LogP contribution in [0, 0.1) is 0 Å². The van der Waals surface area contributed by atoms with E-state index in [2.05, 4.69) is 53.5 Å². The fourth-order valence-corrected chi connectivity index (χ4v) is 2.46. The lowest BCUT2D eigenvalue weighted by molar-refractivity contribution is 0.978. The Morgan fingerprint density at radius 2 is 1.61 bits per heavy atom. The molecule has 0 bridgehead atoms. The number of nitrogens with two attached hydrogens (primary N) is 1. The summed E-state index contributed by atoms with van der Waals surface area (Å²) in [6.45, 7) is 0.668. The molecule has 2 heteroatoms. The van der Waals surface area contributed by atoms with Crippen molar-refractivity contribution < 1.29 is 0 Å². The summed E-state index contributed by atoms with van der Waals surface area (Å²) in [6, 6.07) is 18.8. The lowest BCUT2D eigenvalue weighted by Gasteiger charge is -2.03. The molecule has 0 spiro atoms. The molecule has 0 aliphatic heterocycles. The average molecular weight is 236 g/mol. The van der Waals surface area contributed by atoms with E-state index in [1.807, 2.05) is 6.07 Å². The van der Waals surface area contributed by atoms with E-state index in [-0.39, 0.29) is 0 Å². The number of hydrogen-bond acceptors (Lipinski definition) is 1. The Labute approximate surface area is 106 Å². The largest absolute Gasteiger partial charge is 0.354 e. The van der Waals surface area contributed by atoms with Crippen LogP contribution in [-0.2, 0) is 6.42 Å². The van der Waals surface area contributed by atoms with Crippen LogP contribution in [0.2, 0.25) is 0 Å². The van der Waals surface area contributed by atoms with E-state index in [4.69, 9.17) is 5.73 Å². The molecule has 0 unspecified atom stereocenters. The van der Waals surface area contributed by atoms with E-state index < -0.39 is 0 Å². The van der Waals surface area contributed by atoms with Gasteiger partial charge in [-0.3, -0.25) is 0 Å². The third-order valence-electron chi connectivity index (χ3n) is 3.27. The monoisotopic (exact) mass is 236 g/mol. The molecule has 3 aromatic rings. The molecule has 1 aromatic heterocycles. The van der Waals surface area contributed by atoms with Crippen LogP contribution in [0.5, 0.6) is 0 Å². The van der Waals surface area contributed by atoms with Crippen molar-refractivity contribution in [2.24, 2.45) is 5.73 Å². The Balaban J connectivity index is 2.25. The van der Waals surface area contributed by atoms with Crippen LogP contribution in [0.1, 0.15) is 5.56 Å². The van der Waals surface area contributed by atoms with Crippen LogP contribution in [0.15, 0.2) is 54.6 Å². The van der Waals surface area contributed by atoms with Gasteiger partial charge in [-0.1, -0.05) is 48.5 Å². The molecule has 3 rings (SSSR count). The van der Waals surface area contributed by atoms with Crippen molar-refractivity contribution in [3.8, 4) is 11.3 Å². The fourth-order valence-electron chi connectivity index (χ4n) is 2.46. The SMILES string of the molecule is NCCc1c(-c2ccccc2)[nH]c2ccccc12. The van der Waals surface area contributed by atoms with Crippen molar-refractivity contribution in [2.45, 2.75) is 6.42 Å². The lowest BCUT2D eigenvalue weighted by atomic mass is 10.0. The Morgan fingerprint density at radius 3 is 2.39 bits per heavy atom. The molecule has 3 N–H and O–H groups in total. The minimum atomic E-state index is 0.668. The molecule has 18 heavy (non-hydrogen) atoms. The van der Waals surface area contributed by atoms with Gasteiger partial charge < -0.3 is 10.7 Å². The number of hydrogen-bond donors (Lipinski definition) is 2. The first-order valence-corrected chi connectivity index (χ1v) is 6.25. The van der Waals surface area contributed by atoms with E-state index in [1.54, 1.807) is 0 Å². The van der Waals surface area contributed by atoms with Gasteiger partial charge in [-0.05, 0) is 30.2 Å². The van der Waals surface area contributed by atoms with Crippen LogP contribution < -0.4 is 5.73 Å². The first kappa shape index (κ1) is 11.1. The zero-order valence-electron chi connectivity index (χ0n) is 10.2. The number of fused-ring (bicyclic) bond motifs is 1. The summed E-state index contributed by atoms with van der Waals surface area (Å²) in [7, 11) is 0. The van der Waals surface area contributed by atoms with Crippen LogP contribution in [0.25, 0.3) is 22.2 Å². The lowest BCUT2D eigenvalue weighted by Crippen LogP contribution is -2.03. The minimum absolute atomic E-state index is 0.668. The molecule has 2 aromatic carbocycles. The topological polar surface area (TPSA) is 41.8 Å². The number of benzene rings is 2. The van der Waals surface area contributed by atoms with Crippen LogP contribution >= 0.6 is 0 Å². The van der Waals surface area contributed by atoms with Crippen LogP contribution in [0.3, 0.4) is 0 Å². The van der Waals surface area contributed by atoms with Gasteiger partial charge >= 0.3 is 0 Å². The first-order valence-electron chi connectivity index (χ1n) is 6.25. The molecule has 2 nitrogen and oxygen atoms in total. The fraction of sp³-hybridized carbons (Fsp3) is 0.125. The van der Waals surface area contributed by atoms with Crippen LogP contribution in [-0.4, -0.2) is 11.5 Å². The van der Waals surface area contributed by atoms with Crippen molar-refractivity contribution in [1.82, 2.24) is 4.98 Å². The second-order valence-corrected chi connectivity index (χ2v) is 4.43. The number of H-pyrrole nitrogens is 1. The number of nitrogens with one attached hydrogen (secondary N) is 1. The average Bonchev–Trinajstić information content (AvgIpc) is 2.80. The molecule has 0 saturated heterocycles.